The van der Waals surface area contributed by atoms with Gasteiger partial charge in [0.15, 0.2) is 17.4 Å². The number of hydrogen-bond donors (Lipinski definition) is 3. The van der Waals surface area contributed by atoms with Gasteiger partial charge in [0.1, 0.15) is 33.9 Å². The molecule has 3 N–H and O–H groups in total. The number of hydrogen-bond acceptors (Lipinski definition) is 10. The van der Waals surface area contributed by atoms with Crippen LogP contribution in [0.1, 0.15) is 68.1 Å². The summed E-state index contributed by atoms with van der Waals surface area (Å²) in [4.78, 5) is 40.4. The highest BCUT2D eigenvalue weighted by Gasteiger charge is 2.34. The quantitative estimate of drug-likeness (QED) is 0.0377. The fraction of sp³-hybridized carbons (Fsp3) is 0.395. The molecule has 53 heavy (non-hydrogen) atoms. The SMILES string of the molecule is CCOC(=O)/C(=C\Nc1cc(NCc2ccc(OC)cc2CC)c(F)cc1CO)C(=O)c1cc(F)c(OC2CCN(C(=O)OC(C)(C)C)C2)c(Cl)c1F. The van der Waals surface area contributed by atoms with E-state index in [9.17, 15) is 19.5 Å². The van der Waals surface area contributed by atoms with Crippen molar-refractivity contribution in [1.29, 1.82) is 0 Å². The van der Waals surface area contributed by atoms with Crippen molar-refractivity contribution in [2.75, 3.05) is 37.4 Å². The summed E-state index contributed by atoms with van der Waals surface area (Å²) >= 11 is 6.19. The lowest BCUT2D eigenvalue weighted by Crippen LogP contribution is -2.36. The van der Waals surface area contributed by atoms with Crippen molar-refractivity contribution in [2.45, 2.75) is 72.3 Å². The normalized spacial score (nSPS) is 14.5. The van der Waals surface area contributed by atoms with Crippen LogP contribution >= 0.6 is 11.6 Å². The fourth-order valence-electron chi connectivity index (χ4n) is 5.49. The number of aliphatic hydroxyl groups excluding tert-OH is 1. The van der Waals surface area contributed by atoms with Crippen LogP contribution in [0.3, 0.4) is 0 Å². The summed E-state index contributed by atoms with van der Waals surface area (Å²) in [6.07, 6.45) is 0.525. The van der Waals surface area contributed by atoms with Crippen LogP contribution in [0.5, 0.6) is 11.5 Å². The molecule has 1 amide bonds. The first-order valence-electron chi connectivity index (χ1n) is 16.9. The molecule has 3 aromatic carbocycles. The largest absolute Gasteiger partial charge is 0.497 e. The van der Waals surface area contributed by atoms with E-state index < -0.39 is 75.5 Å². The van der Waals surface area contributed by atoms with E-state index in [4.69, 9.17) is 30.5 Å². The van der Waals surface area contributed by atoms with E-state index in [2.05, 4.69) is 10.6 Å². The zero-order chi connectivity index (χ0) is 39.0. The Bertz CT molecular complexity index is 1880. The molecule has 1 fully saturated rings. The van der Waals surface area contributed by atoms with Gasteiger partial charge in [-0.05, 0) is 75.6 Å². The van der Waals surface area contributed by atoms with Gasteiger partial charge >= 0.3 is 12.1 Å². The number of Topliss-reactive ketones (excluding diaryl/α,β-unsaturated/α-hetero) is 1. The van der Waals surface area contributed by atoms with Gasteiger partial charge in [-0.1, -0.05) is 24.6 Å². The van der Waals surface area contributed by atoms with Crippen LogP contribution in [0.15, 0.2) is 48.2 Å². The van der Waals surface area contributed by atoms with Gasteiger partial charge in [0, 0.05) is 37.0 Å². The molecule has 11 nitrogen and oxygen atoms in total. The van der Waals surface area contributed by atoms with Crippen LogP contribution in [0.2, 0.25) is 5.02 Å². The molecule has 286 valence electrons. The summed E-state index contributed by atoms with van der Waals surface area (Å²) in [7, 11) is 1.56. The molecule has 0 saturated carbocycles. The highest BCUT2D eigenvalue weighted by molar-refractivity contribution is 6.33. The number of methoxy groups -OCH3 is 1. The van der Waals surface area contributed by atoms with Gasteiger partial charge in [-0.25, -0.2) is 22.8 Å². The number of rotatable bonds is 14. The molecule has 4 rings (SSSR count). The average Bonchev–Trinajstić information content (AvgIpc) is 3.59. The van der Waals surface area contributed by atoms with Crippen LogP contribution in [-0.2, 0) is 33.8 Å². The molecule has 1 unspecified atom stereocenters. The highest BCUT2D eigenvalue weighted by atomic mass is 35.5. The summed E-state index contributed by atoms with van der Waals surface area (Å²) in [6, 6.07) is 8.47. The fourth-order valence-corrected chi connectivity index (χ4v) is 5.73. The number of amides is 1. The minimum Gasteiger partial charge on any atom is -0.497 e. The van der Waals surface area contributed by atoms with Crippen molar-refractivity contribution in [3.63, 3.8) is 0 Å². The Morgan fingerprint density at radius 2 is 1.75 bits per heavy atom. The molecule has 0 aromatic heterocycles. The summed E-state index contributed by atoms with van der Waals surface area (Å²) in [5.41, 5.74) is -0.300. The Hall–Kier alpha value is -4.95. The minimum absolute atomic E-state index is 0.0199. The monoisotopic (exact) mass is 761 g/mol. The molecular formula is C38H43ClF3N3O8. The molecule has 0 spiro atoms. The van der Waals surface area contributed by atoms with Gasteiger partial charge in [-0.2, -0.15) is 0 Å². The molecule has 1 aliphatic rings. The second-order valence-electron chi connectivity index (χ2n) is 13.1. The number of nitrogens with zero attached hydrogens (tertiary/aromatic N) is 1. The van der Waals surface area contributed by atoms with Gasteiger partial charge in [0.05, 0.1) is 38.1 Å². The number of aryl methyl sites for hydroxylation is 1. The number of ketones is 1. The molecule has 1 atom stereocenters. The van der Waals surface area contributed by atoms with Crippen LogP contribution in [0.4, 0.5) is 29.3 Å². The van der Waals surface area contributed by atoms with Crippen LogP contribution in [0.25, 0.3) is 0 Å². The molecule has 15 heteroatoms. The van der Waals surface area contributed by atoms with Gasteiger partial charge in [0.2, 0.25) is 5.78 Å². The number of likely N-dealkylation sites (tertiary alicyclic amines) is 1. The van der Waals surface area contributed by atoms with E-state index in [0.29, 0.717) is 18.2 Å². The van der Waals surface area contributed by atoms with Crippen molar-refractivity contribution < 1.29 is 51.6 Å². The maximum atomic E-state index is 15.7. The van der Waals surface area contributed by atoms with Gasteiger partial charge in [0.25, 0.3) is 0 Å². The van der Waals surface area contributed by atoms with Crippen LogP contribution < -0.4 is 20.1 Å². The summed E-state index contributed by atoms with van der Waals surface area (Å²) in [5.74, 6) is -5.67. The van der Waals surface area contributed by atoms with Crippen molar-refractivity contribution >= 4 is 40.8 Å². The number of nitrogens with one attached hydrogen (secondary N) is 2. The molecule has 0 aliphatic carbocycles. The zero-order valence-electron chi connectivity index (χ0n) is 30.3. The number of carbonyl (C=O) groups excluding carboxylic acids is 3. The number of carbonyl (C=O) groups is 3. The lowest BCUT2D eigenvalue weighted by atomic mass is 10.0. The molecule has 1 heterocycles. The Labute approximate surface area is 311 Å². The summed E-state index contributed by atoms with van der Waals surface area (Å²) in [6.45, 7) is 8.31. The van der Waals surface area contributed by atoms with E-state index in [-0.39, 0.29) is 49.6 Å². The lowest BCUT2D eigenvalue weighted by molar-refractivity contribution is -0.138. The van der Waals surface area contributed by atoms with E-state index in [1.807, 2.05) is 19.1 Å². The third-order valence-corrected chi connectivity index (χ3v) is 8.52. The molecule has 3 aromatic rings. The number of benzene rings is 3. The smallest absolute Gasteiger partial charge is 0.410 e. The van der Waals surface area contributed by atoms with E-state index in [0.717, 1.165) is 23.4 Å². The standard InChI is InChI=1S/C38H43ClF3N3O8/c1-7-21-13-24(50-6)10-9-22(21)17-43-31-16-30(23(20-46)14-28(31)40)44-18-27(36(48)51-8-2)34(47)26-15-29(41)35(32(39)33(26)42)52-25-11-12-45(19-25)37(49)53-38(3,4)5/h9-10,13-16,18,25,43-44,46H,7-8,11-12,17,19-20H2,1-6H3/b27-18-. The average molecular weight is 762 g/mol. The number of esters is 1. The molecule has 1 saturated heterocycles. The number of aliphatic hydroxyl groups is 1. The maximum Gasteiger partial charge on any atom is 0.410 e. The first kappa shape index (κ1) is 40.8. The Morgan fingerprint density at radius 3 is 2.40 bits per heavy atom. The Kier molecular flexibility index (Phi) is 13.6. The predicted molar refractivity (Wildman–Crippen MR) is 193 cm³/mol. The van der Waals surface area contributed by atoms with Crippen molar-refractivity contribution in [3.8, 4) is 11.5 Å². The van der Waals surface area contributed by atoms with Crippen molar-refractivity contribution in [2.24, 2.45) is 0 Å². The van der Waals surface area contributed by atoms with Crippen molar-refractivity contribution in [1.82, 2.24) is 4.90 Å². The van der Waals surface area contributed by atoms with Crippen LogP contribution in [0, 0.1) is 17.5 Å². The van der Waals surface area contributed by atoms with Gasteiger partial charge in [-0.15, -0.1) is 0 Å². The molecule has 0 bridgehead atoms. The third-order valence-electron chi connectivity index (χ3n) is 8.18. The van der Waals surface area contributed by atoms with E-state index in [1.54, 1.807) is 33.9 Å². The Morgan fingerprint density at radius 1 is 1.02 bits per heavy atom. The third kappa shape index (κ3) is 10.1. The molecule has 0 radical (unpaired) electrons. The Balaban J connectivity index is 1.59. The molecule has 1 aliphatic heterocycles. The van der Waals surface area contributed by atoms with E-state index >= 15 is 13.2 Å². The summed E-state index contributed by atoms with van der Waals surface area (Å²) in [5, 5.41) is 14.8. The zero-order valence-corrected chi connectivity index (χ0v) is 31.1. The van der Waals surface area contributed by atoms with E-state index in [1.165, 1.54) is 17.9 Å². The van der Waals surface area contributed by atoms with Crippen LogP contribution in [-0.4, -0.2) is 66.4 Å². The topological polar surface area (TPSA) is 136 Å². The maximum absolute atomic E-state index is 15.7. The molecular weight excluding hydrogens is 719 g/mol. The second-order valence-corrected chi connectivity index (χ2v) is 13.4. The number of anilines is 2. The van der Waals surface area contributed by atoms with Crippen molar-refractivity contribution in [3.05, 3.63) is 92.9 Å². The second kappa shape index (κ2) is 17.7. The number of halogens is 4. The lowest BCUT2D eigenvalue weighted by Gasteiger charge is -2.24. The van der Waals surface area contributed by atoms with Gasteiger partial charge < -0.3 is 39.6 Å². The minimum atomic E-state index is -1.36. The highest BCUT2D eigenvalue weighted by Crippen LogP contribution is 2.36. The van der Waals surface area contributed by atoms with Gasteiger partial charge in [-0.3, -0.25) is 4.79 Å². The summed E-state index contributed by atoms with van der Waals surface area (Å²) < 4.78 is 67.5. The first-order chi connectivity index (χ1) is 25.1. The first-order valence-corrected chi connectivity index (χ1v) is 17.3. The predicted octanol–water partition coefficient (Wildman–Crippen LogP) is 7.56. The number of ether oxygens (including phenoxy) is 4.